The Balaban J connectivity index is 2.28. The van der Waals surface area contributed by atoms with Crippen LogP contribution in [0.1, 0.15) is 12.5 Å². The van der Waals surface area contributed by atoms with Gasteiger partial charge >= 0.3 is 0 Å². The molecule has 3 N–H and O–H groups in total. The summed E-state index contributed by atoms with van der Waals surface area (Å²) in [5.41, 5.74) is 6.22. The van der Waals surface area contributed by atoms with Gasteiger partial charge < -0.3 is 15.8 Å². The molecule has 116 valence electrons. The Morgan fingerprint density at radius 3 is 2.76 bits per heavy atom. The van der Waals surface area contributed by atoms with Crippen molar-refractivity contribution in [3.63, 3.8) is 0 Å². The van der Waals surface area contributed by atoms with Crippen LogP contribution in [0.25, 0.3) is 0 Å². The molecule has 1 atom stereocenters. The van der Waals surface area contributed by atoms with Gasteiger partial charge in [-0.15, -0.1) is 0 Å². The van der Waals surface area contributed by atoms with Crippen molar-refractivity contribution in [2.45, 2.75) is 19.9 Å². The zero-order chi connectivity index (χ0) is 15.8. The van der Waals surface area contributed by atoms with E-state index in [0.717, 1.165) is 11.3 Å². The van der Waals surface area contributed by atoms with Crippen molar-refractivity contribution in [3.8, 4) is 5.75 Å². The van der Waals surface area contributed by atoms with Crippen LogP contribution in [0.15, 0.2) is 24.3 Å². The van der Waals surface area contributed by atoms with E-state index in [1.807, 2.05) is 31.2 Å². The summed E-state index contributed by atoms with van der Waals surface area (Å²) in [6.07, 6.45) is 0. The van der Waals surface area contributed by atoms with E-state index >= 15 is 0 Å². The molecule has 1 rings (SSSR count). The van der Waals surface area contributed by atoms with Crippen molar-refractivity contribution >= 4 is 11.8 Å². The monoisotopic (exact) mass is 293 g/mol. The van der Waals surface area contributed by atoms with Crippen molar-refractivity contribution in [1.82, 2.24) is 10.2 Å². The molecule has 1 aromatic carbocycles. The average molecular weight is 293 g/mol. The van der Waals surface area contributed by atoms with Gasteiger partial charge in [0.1, 0.15) is 12.4 Å². The lowest BCUT2D eigenvalue weighted by molar-refractivity contribution is -0.126. The third-order valence-corrected chi connectivity index (χ3v) is 3.11. The van der Waals surface area contributed by atoms with Crippen LogP contribution in [0, 0.1) is 6.92 Å². The van der Waals surface area contributed by atoms with Crippen molar-refractivity contribution in [1.29, 1.82) is 0 Å². The van der Waals surface area contributed by atoms with Gasteiger partial charge in [-0.3, -0.25) is 14.5 Å². The van der Waals surface area contributed by atoms with E-state index in [4.69, 9.17) is 10.5 Å². The van der Waals surface area contributed by atoms with Crippen molar-refractivity contribution < 1.29 is 14.3 Å². The molecular formula is C15H23N3O3. The first-order valence-corrected chi connectivity index (χ1v) is 6.86. The largest absolute Gasteiger partial charge is 0.492 e. The molecule has 0 bridgehead atoms. The van der Waals surface area contributed by atoms with E-state index in [2.05, 4.69) is 5.32 Å². The first-order valence-electron chi connectivity index (χ1n) is 6.86. The Morgan fingerprint density at radius 2 is 2.14 bits per heavy atom. The summed E-state index contributed by atoms with van der Waals surface area (Å²) in [7, 11) is 1.68. The smallest absolute Gasteiger partial charge is 0.237 e. The van der Waals surface area contributed by atoms with Crippen LogP contribution in [0.2, 0.25) is 0 Å². The maximum absolute atomic E-state index is 11.9. The molecule has 6 nitrogen and oxygen atoms in total. The normalized spacial score (nSPS) is 12.0. The second-order valence-corrected chi connectivity index (χ2v) is 5.01. The molecule has 0 spiro atoms. The Hall–Kier alpha value is -2.08. The minimum atomic E-state index is -0.458. The Labute approximate surface area is 125 Å². The number of carbonyl (C=O) groups excluding carboxylic acids is 2. The van der Waals surface area contributed by atoms with Gasteiger partial charge in [0.2, 0.25) is 11.8 Å². The van der Waals surface area contributed by atoms with Crippen LogP contribution in [0.3, 0.4) is 0 Å². The summed E-state index contributed by atoms with van der Waals surface area (Å²) in [5, 5.41) is 2.76. The molecule has 0 aliphatic carbocycles. The molecule has 0 radical (unpaired) electrons. The SMILES string of the molecule is Cc1cccc(OCCNC(=O)C(C)N(C)CC(N)=O)c1. The first kappa shape index (κ1) is 17.0. The fraction of sp³-hybridized carbons (Fsp3) is 0.467. The minimum Gasteiger partial charge on any atom is -0.492 e. The van der Waals surface area contributed by atoms with Crippen molar-refractivity contribution in [2.24, 2.45) is 5.73 Å². The Morgan fingerprint density at radius 1 is 1.43 bits per heavy atom. The third kappa shape index (κ3) is 6.27. The number of rotatable bonds is 8. The highest BCUT2D eigenvalue weighted by Gasteiger charge is 2.18. The van der Waals surface area contributed by atoms with Gasteiger partial charge in [-0.1, -0.05) is 12.1 Å². The predicted molar refractivity (Wildman–Crippen MR) is 81.0 cm³/mol. The number of benzene rings is 1. The Kier molecular flexibility index (Phi) is 6.68. The number of nitrogens with one attached hydrogen (secondary N) is 1. The van der Waals surface area contributed by atoms with E-state index in [0.29, 0.717) is 13.2 Å². The highest BCUT2D eigenvalue weighted by Crippen LogP contribution is 2.11. The maximum atomic E-state index is 11.9. The molecule has 0 aliphatic rings. The van der Waals surface area contributed by atoms with Crippen molar-refractivity contribution in [3.05, 3.63) is 29.8 Å². The standard InChI is InChI=1S/C15H23N3O3/c1-11-5-4-6-13(9-11)21-8-7-17-15(20)12(2)18(3)10-14(16)19/h4-6,9,12H,7-8,10H2,1-3H3,(H2,16,19)(H,17,20). The van der Waals surface area contributed by atoms with Gasteiger partial charge in [0.05, 0.1) is 19.1 Å². The van der Waals surface area contributed by atoms with E-state index in [1.54, 1.807) is 18.9 Å². The van der Waals surface area contributed by atoms with Crippen LogP contribution < -0.4 is 15.8 Å². The molecule has 0 saturated heterocycles. The summed E-state index contributed by atoms with van der Waals surface area (Å²) < 4.78 is 5.54. The molecule has 0 heterocycles. The zero-order valence-corrected chi connectivity index (χ0v) is 12.8. The quantitative estimate of drug-likeness (QED) is 0.675. The number of carbonyl (C=O) groups is 2. The minimum absolute atomic E-state index is 0.0500. The topological polar surface area (TPSA) is 84.7 Å². The number of nitrogens with zero attached hydrogens (tertiary/aromatic N) is 1. The fourth-order valence-electron chi connectivity index (χ4n) is 1.78. The summed E-state index contributed by atoms with van der Waals surface area (Å²) in [4.78, 5) is 24.3. The average Bonchev–Trinajstić information content (AvgIpc) is 2.41. The summed E-state index contributed by atoms with van der Waals surface area (Å²) in [5.74, 6) is 0.162. The molecule has 0 aliphatic heterocycles. The van der Waals surface area contributed by atoms with Crippen molar-refractivity contribution in [2.75, 3.05) is 26.7 Å². The first-order chi connectivity index (χ1) is 9.90. The number of primary amides is 1. The molecule has 1 unspecified atom stereocenters. The highest BCUT2D eigenvalue weighted by molar-refractivity contribution is 5.82. The van der Waals surface area contributed by atoms with Crippen LogP contribution in [0.5, 0.6) is 5.75 Å². The van der Waals surface area contributed by atoms with E-state index in [-0.39, 0.29) is 12.5 Å². The highest BCUT2D eigenvalue weighted by atomic mass is 16.5. The molecule has 2 amide bonds. The van der Waals surface area contributed by atoms with Crippen LogP contribution in [-0.4, -0.2) is 49.5 Å². The summed E-state index contributed by atoms with van der Waals surface area (Å²) in [6.45, 7) is 4.56. The van der Waals surface area contributed by atoms with Gasteiger partial charge in [0, 0.05) is 0 Å². The van der Waals surface area contributed by atoms with Gasteiger partial charge in [0.25, 0.3) is 0 Å². The number of hydrogen-bond acceptors (Lipinski definition) is 4. The second-order valence-electron chi connectivity index (χ2n) is 5.01. The third-order valence-electron chi connectivity index (χ3n) is 3.11. The lowest BCUT2D eigenvalue weighted by Crippen LogP contribution is -2.46. The van der Waals surface area contributed by atoms with Gasteiger partial charge in [-0.05, 0) is 38.6 Å². The predicted octanol–water partition coefficient (Wildman–Crippen LogP) is 0.296. The zero-order valence-electron chi connectivity index (χ0n) is 12.8. The molecule has 1 aromatic rings. The lowest BCUT2D eigenvalue weighted by Gasteiger charge is -2.22. The second kappa shape index (κ2) is 8.26. The summed E-state index contributed by atoms with van der Waals surface area (Å²) in [6, 6.07) is 7.30. The summed E-state index contributed by atoms with van der Waals surface area (Å²) >= 11 is 0. The number of ether oxygens (including phenoxy) is 1. The number of amides is 2. The van der Waals surface area contributed by atoms with Crippen LogP contribution in [0.4, 0.5) is 0 Å². The van der Waals surface area contributed by atoms with Crippen LogP contribution >= 0.6 is 0 Å². The Bertz CT molecular complexity index is 491. The fourth-order valence-corrected chi connectivity index (χ4v) is 1.78. The number of aryl methyl sites for hydroxylation is 1. The molecule has 0 aromatic heterocycles. The molecule has 6 heteroatoms. The van der Waals surface area contributed by atoms with Gasteiger partial charge in [0.15, 0.2) is 0 Å². The maximum Gasteiger partial charge on any atom is 0.237 e. The molecule has 0 fully saturated rings. The number of hydrogen-bond donors (Lipinski definition) is 2. The van der Waals surface area contributed by atoms with Gasteiger partial charge in [-0.25, -0.2) is 0 Å². The van der Waals surface area contributed by atoms with Crippen LogP contribution in [-0.2, 0) is 9.59 Å². The van der Waals surface area contributed by atoms with Gasteiger partial charge in [-0.2, -0.15) is 0 Å². The molecular weight excluding hydrogens is 270 g/mol. The number of nitrogens with two attached hydrogens (primary N) is 1. The van der Waals surface area contributed by atoms with E-state index in [9.17, 15) is 9.59 Å². The van der Waals surface area contributed by atoms with E-state index < -0.39 is 11.9 Å². The lowest BCUT2D eigenvalue weighted by atomic mass is 10.2. The van der Waals surface area contributed by atoms with E-state index in [1.165, 1.54) is 0 Å². The molecule has 21 heavy (non-hydrogen) atoms. The molecule has 0 saturated carbocycles. The number of likely N-dealkylation sites (N-methyl/N-ethyl adjacent to an activating group) is 1.